The number of nitrogens with one attached hydrogen (secondary N) is 1. The molecular weight excluding hydrogens is 513 g/mol. The average Bonchev–Trinajstić information content (AvgIpc) is 2.92. The molecule has 0 aliphatic carbocycles. The second-order valence-electron chi connectivity index (χ2n) is 8.93. The van der Waals surface area contributed by atoms with Crippen LogP contribution in [0.1, 0.15) is 28.4 Å². The van der Waals surface area contributed by atoms with Gasteiger partial charge in [0.2, 0.25) is 0 Å². The zero-order valence-corrected chi connectivity index (χ0v) is 21.3. The number of hydrogen-bond donors (Lipinski definition) is 1. The number of hydrogen-bond acceptors (Lipinski definition) is 7. The first-order valence-electron chi connectivity index (χ1n) is 12.0. The molecule has 0 unspecified atom stereocenters. The Hall–Kier alpha value is -3.46. The molecule has 1 N–H and O–H groups in total. The van der Waals surface area contributed by atoms with Crippen LogP contribution in [0.15, 0.2) is 54.9 Å². The van der Waals surface area contributed by atoms with Crippen molar-refractivity contribution in [2.45, 2.75) is 12.5 Å². The van der Waals surface area contributed by atoms with Gasteiger partial charge in [-0.1, -0.05) is 41.4 Å². The SMILES string of the molecule is O=C(N[C@H]1CCOc2ccccc21)c1cnc2c(-c3cc(Cl)cc(Cl)c3)cnnc2c1N1CCOCC1. The van der Waals surface area contributed by atoms with Gasteiger partial charge in [0.25, 0.3) is 5.91 Å². The predicted octanol–water partition coefficient (Wildman–Crippen LogP) is 5.09. The van der Waals surface area contributed by atoms with Crippen LogP contribution in [0.2, 0.25) is 10.0 Å². The monoisotopic (exact) mass is 535 g/mol. The molecule has 8 nitrogen and oxygen atoms in total. The Balaban J connectivity index is 1.45. The fourth-order valence-corrected chi connectivity index (χ4v) is 5.44. The first kappa shape index (κ1) is 23.9. The molecule has 4 heterocycles. The summed E-state index contributed by atoms with van der Waals surface area (Å²) in [5, 5.41) is 12.9. The third-order valence-corrected chi connectivity index (χ3v) is 7.07. The molecule has 1 atom stereocenters. The van der Waals surface area contributed by atoms with Crippen LogP contribution in [-0.4, -0.2) is 54.0 Å². The second kappa shape index (κ2) is 10.1. The number of nitrogens with zero attached hydrogens (tertiary/aromatic N) is 4. The lowest BCUT2D eigenvalue weighted by Crippen LogP contribution is -2.39. The number of benzene rings is 2. The van der Waals surface area contributed by atoms with Crippen molar-refractivity contribution in [1.29, 1.82) is 0 Å². The molecule has 6 rings (SSSR count). The van der Waals surface area contributed by atoms with E-state index in [4.69, 9.17) is 37.7 Å². The Morgan fingerprint density at radius 3 is 2.59 bits per heavy atom. The number of aromatic nitrogens is 3. The van der Waals surface area contributed by atoms with Crippen molar-refractivity contribution >= 4 is 45.8 Å². The van der Waals surface area contributed by atoms with Crippen molar-refractivity contribution in [3.05, 3.63) is 76.0 Å². The molecule has 188 valence electrons. The Morgan fingerprint density at radius 2 is 1.78 bits per heavy atom. The smallest absolute Gasteiger partial charge is 0.255 e. The fourth-order valence-electron chi connectivity index (χ4n) is 4.91. The standard InChI is InChI=1S/C27H23Cl2N5O3/c28-17-11-16(12-18(29)13-17)20-15-31-33-25-24(20)30-14-21(26(25)34-6-9-36-10-7-34)27(35)32-22-5-8-37-23-4-2-1-3-19(22)23/h1-4,11-15,22H,5-10H2,(H,32,35)/t22-/m0/s1. The first-order valence-corrected chi connectivity index (χ1v) is 12.8. The Morgan fingerprint density at radius 1 is 1.00 bits per heavy atom. The summed E-state index contributed by atoms with van der Waals surface area (Å²) in [4.78, 5) is 20.6. The highest BCUT2D eigenvalue weighted by Crippen LogP contribution is 2.36. The number of para-hydroxylation sites is 1. The van der Waals surface area contributed by atoms with Crippen LogP contribution < -0.4 is 15.0 Å². The Bertz CT molecular complexity index is 1470. The summed E-state index contributed by atoms with van der Waals surface area (Å²) in [5.74, 6) is 0.565. The molecule has 4 aromatic rings. The number of carbonyl (C=O) groups excluding carboxylic acids is 1. The normalized spacial score (nSPS) is 17.2. The van der Waals surface area contributed by atoms with Crippen molar-refractivity contribution in [3.8, 4) is 16.9 Å². The zero-order valence-electron chi connectivity index (χ0n) is 19.8. The van der Waals surface area contributed by atoms with Gasteiger partial charge < -0.3 is 19.7 Å². The largest absolute Gasteiger partial charge is 0.493 e. The van der Waals surface area contributed by atoms with Crippen LogP contribution in [0.4, 0.5) is 5.69 Å². The molecule has 1 saturated heterocycles. The highest BCUT2D eigenvalue weighted by molar-refractivity contribution is 6.35. The minimum absolute atomic E-state index is 0.170. The molecule has 2 aliphatic heterocycles. The highest BCUT2D eigenvalue weighted by atomic mass is 35.5. The van der Waals surface area contributed by atoms with Gasteiger partial charge in [0.1, 0.15) is 16.8 Å². The van der Waals surface area contributed by atoms with Gasteiger partial charge in [-0.3, -0.25) is 9.78 Å². The number of amides is 1. The van der Waals surface area contributed by atoms with Gasteiger partial charge in [0, 0.05) is 46.9 Å². The molecular formula is C27H23Cl2N5O3. The van der Waals surface area contributed by atoms with Crippen LogP contribution in [-0.2, 0) is 4.74 Å². The number of carbonyl (C=O) groups is 1. The van der Waals surface area contributed by atoms with E-state index in [0.717, 1.165) is 22.4 Å². The number of ether oxygens (including phenoxy) is 2. The summed E-state index contributed by atoms with van der Waals surface area (Å²) in [6.45, 7) is 2.87. The lowest BCUT2D eigenvalue weighted by molar-refractivity contribution is 0.0923. The van der Waals surface area contributed by atoms with Crippen molar-refractivity contribution in [3.63, 3.8) is 0 Å². The predicted molar refractivity (Wildman–Crippen MR) is 143 cm³/mol. The highest BCUT2D eigenvalue weighted by Gasteiger charge is 2.28. The van der Waals surface area contributed by atoms with E-state index in [1.54, 1.807) is 18.5 Å². The number of pyridine rings is 1. The number of morpholine rings is 1. The van der Waals surface area contributed by atoms with Gasteiger partial charge in [-0.15, -0.1) is 5.10 Å². The van der Waals surface area contributed by atoms with E-state index in [-0.39, 0.29) is 11.9 Å². The van der Waals surface area contributed by atoms with Gasteiger partial charge in [0.15, 0.2) is 0 Å². The second-order valence-corrected chi connectivity index (χ2v) is 9.81. The Labute approximate surface area is 223 Å². The van der Waals surface area contributed by atoms with Crippen LogP contribution in [0.3, 0.4) is 0 Å². The third-order valence-electron chi connectivity index (χ3n) is 6.64. The molecule has 1 amide bonds. The summed E-state index contributed by atoms with van der Waals surface area (Å²) in [6.07, 6.45) is 3.93. The molecule has 0 saturated carbocycles. The molecule has 0 bridgehead atoms. The minimum Gasteiger partial charge on any atom is -0.493 e. The number of fused-ring (bicyclic) bond motifs is 2. The average molecular weight is 536 g/mol. The summed E-state index contributed by atoms with van der Waals surface area (Å²) in [5.41, 5.74) is 4.74. The van der Waals surface area contributed by atoms with E-state index < -0.39 is 0 Å². The van der Waals surface area contributed by atoms with Crippen LogP contribution >= 0.6 is 23.2 Å². The maximum atomic E-state index is 13.7. The maximum absolute atomic E-state index is 13.7. The van der Waals surface area contributed by atoms with Gasteiger partial charge in [-0.05, 0) is 29.8 Å². The van der Waals surface area contributed by atoms with E-state index in [1.165, 1.54) is 0 Å². The number of rotatable bonds is 4. The van der Waals surface area contributed by atoms with E-state index in [1.807, 2.05) is 36.4 Å². The topological polar surface area (TPSA) is 89.5 Å². The summed E-state index contributed by atoms with van der Waals surface area (Å²) >= 11 is 12.5. The van der Waals surface area contributed by atoms with Crippen molar-refractivity contribution < 1.29 is 14.3 Å². The van der Waals surface area contributed by atoms with Crippen LogP contribution in [0.5, 0.6) is 5.75 Å². The van der Waals surface area contributed by atoms with Crippen LogP contribution in [0.25, 0.3) is 22.2 Å². The summed E-state index contributed by atoms with van der Waals surface area (Å²) < 4.78 is 11.3. The Kier molecular flexibility index (Phi) is 6.54. The van der Waals surface area contributed by atoms with Gasteiger partial charge in [0.05, 0.1) is 43.3 Å². The molecule has 0 radical (unpaired) electrons. The van der Waals surface area contributed by atoms with E-state index in [2.05, 4.69) is 20.4 Å². The van der Waals surface area contributed by atoms with Gasteiger partial charge in [-0.25, -0.2) is 0 Å². The van der Waals surface area contributed by atoms with Crippen molar-refractivity contribution in [2.24, 2.45) is 0 Å². The van der Waals surface area contributed by atoms with E-state index in [9.17, 15) is 4.79 Å². The van der Waals surface area contributed by atoms with Crippen molar-refractivity contribution in [1.82, 2.24) is 20.5 Å². The number of anilines is 1. The lowest BCUT2D eigenvalue weighted by Gasteiger charge is -2.31. The van der Waals surface area contributed by atoms with E-state index >= 15 is 0 Å². The first-order chi connectivity index (χ1) is 18.1. The summed E-state index contributed by atoms with van der Waals surface area (Å²) in [6, 6.07) is 12.9. The molecule has 37 heavy (non-hydrogen) atoms. The molecule has 2 aromatic carbocycles. The molecule has 0 spiro atoms. The minimum atomic E-state index is -0.226. The molecule has 1 fully saturated rings. The van der Waals surface area contributed by atoms with Gasteiger partial charge in [-0.2, -0.15) is 5.10 Å². The summed E-state index contributed by atoms with van der Waals surface area (Å²) in [7, 11) is 0. The van der Waals surface area contributed by atoms with E-state index in [0.29, 0.717) is 71.7 Å². The quantitative estimate of drug-likeness (QED) is 0.389. The fraction of sp³-hybridized carbons (Fsp3) is 0.259. The molecule has 2 aromatic heterocycles. The zero-order chi connectivity index (χ0) is 25.4. The maximum Gasteiger partial charge on any atom is 0.255 e. The lowest BCUT2D eigenvalue weighted by atomic mass is 9.99. The van der Waals surface area contributed by atoms with Gasteiger partial charge >= 0.3 is 0 Å². The third kappa shape index (κ3) is 4.68. The molecule has 10 heteroatoms. The van der Waals surface area contributed by atoms with Crippen LogP contribution in [0, 0.1) is 0 Å². The number of halogens is 2. The molecule has 2 aliphatic rings. The van der Waals surface area contributed by atoms with Crippen molar-refractivity contribution in [2.75, 3.05) is 37.8 Å².